The van der Waals surface area contributed by atoms with Gasteiger partial charge in [-0.25, -0.2) is 4.98 Å². The number of hydrogen-bond donors (Lipinski definition) is 1. The molecule has 1 rings (SSSR count). The predicted octanol–water partition coefficient (Wildman–Crippen LogP) is 2.83. The van der Waals surface area contributed by atoms with Crippen LogP contribution >= 0.6 is 0 Å². The van der Waals surface area contributed by atoms with E-state index in [1.54, 1.807) is 18.5 Å². The Morgan fingerprint density at radius 1 is 1.53 bits per heavy atom. The van der Waals surface area contributed by atoms with Gasteiger partial charge in [0.25, 0.3) is 0 Å². The molecular weight excluding hydrogens is 216 g/mol. The van der Waals surface area contributed by atoms with Crippen molar-refractivity contribution in [2.45, 2.75) is 26.7 Å². The maximum atomic E-state index is 10.8. The normalized spacial score (nSPS) is 10.5. The van der Waals surface area contributed by atoms with Crippen LogP contribution in [-0.2, 0) is 9.53 Å². The van der Waals surface area contributed by atoms with Crippen molar-refractivity contribution in [3.8, 4) is 0 Å². The Morgan fingerprint density at radius 2 is 2.35 bits per heavy atom. The molecule has 0 aliphatic heterocycles. The van der Waals surface area contributed by atoms with E-state index < -0.39 is 0 Å². The molecule has 0 radical (unpaired) electrons. The second kappa shape index (κ2) is 7.44. The fourth-order valence-corrected chi connectivity index (χ4v) is 1.18. The number of unbranched alkanes of at least 4 members (excludes halogenated alkanes) is 1. The quantitative estimate of drug-likeness (QED) is 0.608. The van der Waals surface area contributed by atoms with Gasteiger partial charge < -0.3 is 10.1 Å². The number of carbonyl (C=O) groups is 1. The van der Waals surface area contributed by atoms with Gasteiger partial charge in [-0.15, -0.1) is 0 Å². The maximum absolute atomic E-state index is 10.8. The lowest BCUT2D eigenvalue weighted by atomic mass is 10.3. The van der Waals surface area contributed by atoms with Crippen molar-refractivity contribution >= 4 is 17.8 Å². The van der Waals surface area contributed by atoms with Gasteiger partial charge in [0.2, 0.25) is 5.91 Å². The second-order valence-corrected chi connectivity index (χ2v) is 3.69. The molecule has 17 heavy (non-hydrogen) atoms. The Bertz CT molecular complexity index is 372. The Morgan fingerprint density at radius 3 is 2.94 bits per heavy atom. The maximum Gasteiger partial charge on any atom is 0.222 e. The topological polar surface area (TPSA) is 51.2 Å². The number of hydrogen-bond acceptors (Lipinski definition) is 3. The van der Waals surface area contributed by atoms with E-state index in [-0.39, 0.29) is 5.91 Å². The molecule has 0 atom stereocenters. The molecule has 0 bridgehead atoms. The predicted molar refractivity (Wildman–Crippen MR) is 68.4 cm³/mol. The summed E-state index contributed by atoms with van der Waals surface area (Å²) in [4.78, 5) is 14.9. The minimum Gasteiger partial charge on any atom is -0.501 e. The van der Waals surface area contributed by atoms with E-state index in [2.05, 4.69) is 17.2 Å². The Balaban J connectivity index is 2.42. The molecule has 0 spiro atoms. The SMILES string of the molecule is CCCCO/C=C/c1ccc(NC(C)=O)nc1. The molecule has 0 aliphatic rings. The third kappa shape index (κ3) is 5.70. The van der Waals surface area contributed by atoms with Crippen molar-refractivity contribution in [2.75, 3.05) is 11.9 Å². The first-order valence-electron chi connectivity index (χ1n) is 5.74. The summed E-state index contributed by atoms with van der Waals surface area (Å²) in [5.74, 6) is 0.435. The lowest BCUT2D eigenvalue weighted by molar-refractivity contribution is -0.114. The highest BCUT2D eigenvalue weighted by Crippen LogP contribution is 2.06. The van der Waals surface area contributed by atoms with Gasteiger partial charge in [-0.3, -0.25) is 4.79 Å². The molecule has 0 aromatic carbocycles. The Labute approximate surface area is 102 Å². The Hall–Kier alpha value is -1.84. The highest BCUT2D eigenvalue weighted by Gasteiger charge is 1.95. The largest absolute Gasteiger partial charge is 0.501 e. The van der Waals surface area contributed by atoms with Crippen LogP contribution in [0.15, 0.2) is 24.6 Å². The number of nitrogens with one attached hydrogen (secondary N) is 1. The van der Waals surface area contributed by atoms with Crippen LogP contribution in [0.1, 0.15) is 32.3 Å². The molecule has 4 nitrogen and oxygen atoms in total. The van der Waals surface area contributed by atoms with Crippen molar-refractivity contribution in [1.82, 2.24) is 4.98 Å². The molecule has 0 saturated carbocycles. The summed E-state index contributed by atoms with van der Waals surface area (Å²) in [6, 6.07) is 3.63. The van der Waals surface area contributed by atoms with Crippen molar-refractivity contribution in [2.24, 2.45) is 0 Å². The van der Waals surface area contributed by atoms with Crippen molar-refractivity contribution < 1.29 is 9.53 Å². The van der Waals surface area contributed by atoms with Gasteiger partial charge >= 0.3 is 0 Å². The molecular formula is C13H18N2O2. The van der Waals surface area contributed by atoms with Crippen LogP contribution in [0, 0.1) is 0 Å². The van der Waals surface area contributed by atoms with Gasteiger partial charge in [0, 0.05) is 13.1 Å². The zero-order chi connectivity index (χ0) is 12.5. The van der Waals surface area contributed by atoms with E-state index in [4.69, 9.17) is 4.74 Å². The third-order valence-corrected chi connectivity index (χ3v) is 2.06. The minimum atomic E-state index is -0.122. The van der Waals surface area contributed by atoms with Crippen LogP contribution in [0.25, 0.3) is 6.08 Å². The first kappa shape index (κ1) is 13.2. The van der Waals surface area contributed by atoms with Gasteiger partial charge in [0.1, 0.15) is 5.82 Å². The van der Waals surface area contributed by atoms with Crippen LogP contribution in [0.2, 0.25) is 0 Å². The zero-order valence-electron chi connectivity index (χ0n) is 10.3. The number of anilines is 1. The summed E-state index contributed by atoms with van der Waals surface area (Å²) >= 11 is 0. The average Bonchev–Trinajstić information content (AvgIpc) is 2.30. The van der Waals surface area contributed by atoms with Crippen molar-refractivity contribution in [1.29, 1.82) is 0 Å². The lowest BCUT2D eigenvalue weighted by Crippen LogP contribution is -2.06. The number of amides is 1. The smallest absolute Gasteiger partial charge is 0.222 e. The van der Waals surface area contributed by atoms with Crippen LogP contribution in [0.4, 0.5) is 5.82 Å². The van der Waals surface area contributed by atoms with E-state index in [0.29, 0.717) is 5.82 Å². The first-order chi connectivity index (χ1) is 8.22. The van der Waals surface area contributed by atoms with Crippen molar-refractivity contribution in [3.63, 3.8) is 0 Å². The molecule has 0 unspecified atom stereocenters. The number of pyridine rings is 1. The van der Waals surface area contributed by atoms with Crippen LogP contribution < -0.4 is 5.32 Å². The van der Waals surface area contributed by atoms with Crippen LogP contribution in [0.5, 0.6) is 0 Å². The van der Waals surface area contributed by atoms with E-state index in [1.165, 1.54) is 6.92 Å². The summed E-state index contributed by atoms with van der Waals surface area (Å²) in [5, 5.41) is 2.61. The van der Waals surface area contributed by atoms with E-state index in [9.17, 15) is 4.79 Å². The zero-order valence-corrected chi connectivity index (χ0v) is 10.3. The lowest BCUT2D eigenvalue weighted by Gasteiger charge is -2.01. The molecule has 1 aromatic heterocycles. The standard InChI is InChI=1S/C13H18N2O2/c1-3-4-8-17-9-7-12-5-6-13(14-10-12)15-11(2)16/h5-7,9-10H,3-4,8H2,1-2H3,(H,14,15,16)/b9-7+. The minimum absolute atomic E-state index is 0.122. The molecule has 0 aliphatic carbocycles. The fourth-order valence-electron chi connectivity index (χ4n) is 1.18. The number of ether oxygens (including phenoxy) is 1. The monoisotopic (exact) mass is 234 g/mol. The number of nitrogens with zero attached hydrogens (tertiary/aromatic N) is 1. The molecule has 4 heteroatoms. The first-order valence-corrected chi connectivity index (χ1v) is 5.74. The second-order valence-electron chi connectivity index (χ2n) is 3.69. The van der Waals surface area contributed by atoms with Gasteiger partial charge in [-0.1, -0.05) is 13.3 Å². The molecule has 0 saturated heterocycles. The highest BCUT2D eigenvalue weighted by molar-refractivity contribution is 5.87. The van der Waals surface area contributed by atoms with Crippen LogP contribution in [0.3, 0.4) is 0 Å². The molecule has 1 N–H and O–H groups in total. The molecule has 1 amide bonds. The Kier molecular flexibility index (Phi) is 5.79. The molecule has 1 heterocycles. The molecule has 0 fully saturated rings. The van der Waals surface area contributed by atoms with Crippen LogP contribution in [-0.4, -0.2) is 17.5 Å². The van der Waals surface area contributed by atoms with E-state index >= 15 is 0 Å². The average molecular weight is 234 g/mol. The molecule has 92 valence electrons. The van der Waals surface area contributed by atoms with Gasteiger partial charge in [0.05, 0.1) is 12.9 Å². The number of rotatable bonds is 6. The summed E-state index contributed by atoms with van der Waals surface area (Å²) in [5.41, 5.74) is 0.940. The number of aromatic nitrogens is 1. The van der Waals surface area contributed by atoms with Gasteiger partial charge in [0.15, 0.2) is 0 Å². The summed E-state index contributed by atoms with van der Waals surface area (Å²) in [6.45, 7) is 4.32. The third-order valence-electron chi connectivity index (χ3n) is 2.06. The van der Waals surface area contributed by atoms with Gasteiger partial charge in [-0.05, 0) is 30.2 Å². The highest BCUT2D eigenvalue weighted by atomic mass is 16.5. The molecule has 1 aromatic rings. The van der Waals surface area contributed by atoms with Gasteiger partial charge in [-0.2, -0.15) is 0 Å². The fraction of sp³-hybridized carbons (Fsp3) is 0.385. The van der Waals surface area contributed by atoms with Crippen molar-refractivity contribution in [3.05, 3.63) is 30.2 Å². The summed E-state index contributed by atoms with van der Waals surface area (Å²) in [6.07, 6.45) is 7.39. The number of carbonyl (C=O) groups excluding carboxylic acids is 1. The summed E-state index contributed by atoms with van der Waals surface area (Å²) in [7, 11) is 0. The van der Waals surface area contributed by atoms with E-state index in [0.717, 1.165) is 25.0 Å². The van der Waals surface area contributed by atoms with E-state index in [1.807, 2.05) is 12.1 Å². The summed E-state index contributed by atoms with van der Waals surface area (Å²) < 4.78 is 5.29.